The molecule has 4 rings (SSSR count). The minimum Gasteiger partial charge on any atom is -0.370 e. The normalized spacial score (nSPS) is 25.7. The molecule has 2 atom stereocenters. The summed E-state index contributed by atoms with van der Waals surface area (Å²) in [5, 5.41) is 4.11. The van der Waals surface area contributed by atoms with Crippen LogP contribution in [0.3, 0.4) is 0 Å². The number of amides is 1. The van der Waals surface area contributed by atoms with Crippen LogP contribution in [0.25, 0.3) is 0 Å². The van der Waals surface area contributed by atoms with Crippen LogP contribution in [0, 0.1) is 0 Å². The summed E-state index contributed by atoms with van der Waals surface area (Å²) < 4.78 is 14.1. The zero-order valence-corrected chi connectivity index (χ0v) is 15.1. The molecule has 1 aromatic heterocycles. The van der Waals surface area contributed by atoms with Crippen molar-refractivity contribution in [2.75, 3.05) is 19.7 Å². The van der Waals surface area contributed by atoms with Gasteiger partial charge >= 0.3 is 0 Å². The third-order valence-corrected chi connectivity index (χ3v) is 5.37. The number of aryl methyl sites for hydroxylation is 1. The number of benzene rings is 1. The van der Waals surface area contributed by atoms with Crippen LogP contribution in [0.1, 0.15) is 35.2 Å². The van der Waals surface area contributed by atoms with Crippen molar-refractivity contribution in [1.82, 2.24) is 14.7 Å². The molecule has 0 N–H and O–H groups in total. The molecule has 0 unspecified atom stereocenters. The first kappa shape index (κ1) is 17.2. The van der Waals surface area contributed by atoms with Crippen LogP contribution in [-0.4, -0.2) is 52.0 Å². The van der Waals surface area contributed by atoms with Gasteiger partial charge < -0.3 is 14.4 Å². The zero-order valence-electron chi connectivity index (χ0n) is 15.1. The molecule has 2 fully saturated rings. The summed E-state index contributed by atoms with van der Waals surface area (Å²) in [6.07, 6.45) is 6.15. The second-order valence-corrected chi connectivity index (χ2v) is 7.22. The molecule has 0 bridgehead atoms. The minimum atomic E-state index is -0.384. The lowest BCUT2D eigenvalue weighted by Crippen LogP contribution is -2.58. The second kappa shape index (κ2) is 7.21. The largest absolute Gasteiger partial charge is 0.370 e. The highest BCUT2D eigenvalue weighted by atomic mass is 16.6. The molecule has 1 spiro atoms. The molecule has 0 radical (unpaired) electrons. The third-order valence-electron chi connectivity index (χ3n) is 5.37. The molecule has 1 amide bonds. The lowest BCUT2D eigenvalue weighted by atomic mass is 9.86. The van der Waals surface area contributed by atoms with Gasteiger partial charge in [0.1, 0.15) is 5.60 Å². The molecule has 2 aliphatic rings. The number of piperidine rings is 1. The summed E-state index contributed by atoms with van der Waals surface area (Å²) in [6.45, 7) is 2.58. The van der Waals surface area contributed by atoms with Crippen molar-refractivity contribution in [2.45, 2.75) is 37.6 Å². The van der Waals surface area contributed by atoms with Gasteiger partial charge in [0.05, 0.1) is 31.0 Å². The first-order valence-electron chi connectivity index (χ1n) is 9.24. The Kier molecular flexibility index (Phi) is 4.78. The van der Waals surface area contributed by atoms with Gasteiger partial charge in [-0.15, -0.1) is 0 Å². The monoisotopic (exact) mass is 355 g/mol. The summed E-state index contributed by atoms with van der Waals surface area (Å²) in [5.41, 5.74) is 1.41. The average molecular weight is 355 g/mol. The van der Waals surface area contributed by atoms with Crippen molar-refractivity contribution in [2.24, 2.45) is 7.05 Å². The van der Waals surface area contributed by atoms with E-state index >= 15 is 0 Å². The van der Waals surface area contributed by atoms with E-state index in [-0.39, 0.29) is 17.6 Å². The highest BCUT2D eigenvalue weighted by Gasteiger charge is 2.48. The van der Waals surface area contributed by atoms with Crippen LogP contribution in [0.2, 0.25) is 0 Å². The summed E-state index contributed by atoms with van der Waals surface area (Å²) >= 11 is 0. The van der Waals surface area contributed by atoms with Crippen LogP contribution in [0.5, 0.6) is 0 Å². The van der Waals surface area contributed by atoms with Crippen molar-refractivity contribution < 1.29 is 14.3 Å². The van der Waals surface area contributed by atoms with Crippen LogP contribution in [0.4, 0.5) is 0 Å². The highest BCUT2D eigenvalue weighted by molar-refractivity contribution is 5.93. The van der Waals surface area contributed by atoms with E-state index in [2.05, 4.69) is 17.2 Å². The topological polar surface area (TPSA) is 56.6 Å². The fraction of sp³-hybridized carbons (Fsp3) is 0.500. The van der Waals surface area contributed by atoms with E-state index in [1.807, 2.05) is 30.1 Å². The van der Waals surface area contributed by atoms with Crippen molar-refractivity contribution in [3.05, 3.63) is 53.9 Å². The van der Waals surface area contributed by atoms with Crippen LogP contribution in [-0.2, 0) is 23.1 Å². The number of aromatic nitrogens is 2. The Bertz CT molecular complexity index is 753. The van der Waals surface area contributed by atoms with Crippen molar-refractivity contribution in [3.8, 4) is 0 Å². The number of rotatable bonds is 4. The Labute approximate surface area is 153 Å². The molecule has 138 valence electrons. The number of carbonyl (C=O) groups is 1. The summed E-state index contributed by atoms with van der Waals surface area (Å²) in [4.78, 5) is 14.7. The SMILES string of the molecule is Cn1cc(C(=O)N2CC[C@H](OCc3ccccc3)[C@]3(CCCO3)C2)cn1. The Morgan fingerprint density at radius 3 is 2.92 bits per heavy atom. The second-order valence-electron chi connectivity index (χ2n) is 7.22. The molecule has 2 saturated heterocycles. The maximum atomic E-state index is 12.8. The van der Waals surface area contributed by atoms with E-state index in [1.54, 1.807) is 17.1 Å². The summed E-state index contributed by atoms with van der Waals surface area (Å²) in [7, 11) is 1.82. The molecule has 26 heavy (non-hydrogen) atoms. The van der Waals surface area contributed by atoms with Crippen molar-refractivity contribution >= 4 is 5.91 Å². The van der Waals surface area contributed by atoms with E-state index in [1.165, 1.54) is 0 Å². The number of likely N-dealkylation sites (tertiary alicyclic amines) is 1. The lowest BCUT2D eigenvalue weighted by molar-refractivity contribution is -0.153. The number of ether oxygens (including phenoxy) is 2. The fourth-order valence-electron chi connectivity index (χ4n) is 4.03. The smallest absolute Gasteiger partial charge is 0.257 e. The van der Waals surface area contributed by atoms with Gasteiger partial charge in [-0.3, -0.25) is 9.48 Å². The third kappa shape index (κ3) is 3.39. The summed E-state index contributed by atoms with van der Waals surface area (Å²) in [6, 6.07) is 10.2. The lowest BCUT2D eigenvalue weighted by Gasteiger charge is -2.45. The van der Waals surface area contributed by atoms with Crippen LogP contribution >= 0.6 is 0 Å². The Morgan fingerprint density at radius 1 is 1.38 bits per heavy atom. The highest BCUT2D eigenvalue weighted by Crippen LogP contribution is 2.37. The van der Waals surface area contributed by atoms with Crippen molar-refractivity contribution in [3.63, 3.8) is 0 Å². The van der Waals surface area contributed by atoms with E-state index in [4.69, 9.17) is 9.47 Å². The molecule has 3 heterocycles. The molecular formula is C20H25N3O3. The predicted octanol–water partition coefficient (Wildman–Crippen LogP) is 2.40. The Balaban J connectivity index is 1.46. The molecule has 0 saturated carbocycles. The first-order valence-corrected chi connectivity index (χ1v) is 9.24. The van der Waals surface area contributed by atoms with E-state index < -0.39 is 0 Å². The van der Waals surface area contributed by atoms with Gasteiger partial charge in [-0.05, 0) is 24.8 Å². The Hall–Kier alpha value is -2.18. The molecule has 2 aliphatic heterocycles. The van der Waals surface area contributed by atoms with Crippen LogP contribution in [0.15, 0.2) is 42.7 Å². The molecule has 1 aromatic carbocycles. The van der Waals surface area contributed by atoms with Gasteiger partial charge in [0, 0.05) is 26.4 Å². The number of hydrogen-bond acceptors (Lipinski definition) is 4. The number of nitrogens with zero attached hydrogens (tertiary/aromatic N) is 3. The van der Waals surface area contributed by atoms with Gasteiger partial charge in [-0.25, -0.2) is 0 Å². The zero-order chi connectivity index (χ0) is 18.0. The number of hydrogen-bond donors (Lipinski definition) is 0. The van der Waals surface area contributed by atoms with Gasteiger partial charge in [0.25, 0.3) is 5.91 Å². The molecule has 6 nitrogen and oxygen atoms in total. The standard InChI is InChI=1S/C20H25N3O3/c1-22-13-17(12-21-22)19(24)23-10-8-18(20(15-23)9-5-11-26-20)25-14-16-6-3-2-4-7-16/h2-4,6-7,12-13,18H,5,8-11,14-15H2,1H3/t18-,20-/m0/s1. The summed E-state index contributed by atoms with van der Waals surface area (Å²) in [5.74, 6) is 0.0227. The minimum absolute atomic E-state index is 0.0168. The van der Waals surface area contributed by atoms with Crippen LogP contribution < -0.4 is 0 Å². The van der Waals surface area contributed by atoms with E-state index in [0.717, 1.165) is 31.4 Å². The molecule has 2 aromatic rings. The Morgan fingerprint density at radius 2 is 2.23 bits per heavy atom. The first-order chi connectivity index (χ1) is 12.7. The number of carbonyl (C=O) groups excluding carboxylic acids is 1. The van der Waals surface area contributed by atoms with Gasteiger partial charge in [0.2, 0.25) is 0 Å². The van der Waals surface area contributed by atoms with E-state index in [9.17, 15) is 4.79 Å². The average Bonchev–Trinajstić information content (AvgIpc) is 3.31. The van der Waals surface area contributed by atoms with Crippen molar-refractivity contribution in [1.29, 1.82) is 0 Å². The molecule has 0 aliphatic carbocycles. The maximum Gasteiger partial charge on any atom is 0.257 e. The van der Waals surface area contributed by atoms with Gasteiger partial charge in [0.15, 0.2) is 0 Å². The quantitative estimate of drug-likeness (QED) is 0.845. The fourth-order valence-corrected chi connectivity index (χ4v) is 4.03. The molecular weight excluding hydrogens is 330 g/mol. The predicted molar refractivity (Wildman–Crippen MR) is 96.7 cm³/mol. The van der Waals surface area contributed by atoms with E-state index in [0.29, 0.717) is 25.3 Å². The molecule has 6 heteroatoms. The maximum absolute atomic E-state index is 12.8. The van der Waals surface area contributed by atoms with Gasteiger partial charge in [-0.1, -0.05) is 30.3 Å². The van der Waals surface area contributed by atoms with Gasteiger partial charge in [-0.2, -0.15) is 5.10 Å².